The van der Waals surface area contributed by atoms with Gasteiger partial charge in [0, 0.05) is 23.1 Å². The van der Waals surface area contributed by atoms with Gasteiger partial charge in [0.1, 0.15) is 5.69 Å². The van der Waals surface area contributed by atoms with Crippen LogP contribution in [0.4, 0.5) is 28.9 Å². The molecule has 2 N–H and O–H groups in total. The number of hydrogen-bond donors (Lipinski definition) is 2. The molecule has 0 saturated heterocycles. The van der Waals surface area contributed by atoms with E-state index in [1.807, 2.05) is 26.1 Å². The van der Waals surface area contributed by atoms with Crippen LogP contribution in [0, 0.1) is 28.7 Å². The lowest BCUT2D eigenvalue weighted by Gasteiger charge is -2.18. The molecule has 31 heavy (non-hydrogen) atoms. The summed E-state index contributed by atoms with van der Waals surface area (Å²) < 4.78 is 54.4. The highest BCUT2D eigenvalue weighted by Crippen LogP contribution is 2.30. The van der Waals surface area contributed by atoms with Gasteiger partial charge in [-0.2, -0.15) is 0 Å². The van der Waals surface area contributed by atoms with Crippen LogP contribution in [0.5, 0.6) is 0 Å². The lowest BCUT2D eigenvalue weighted by Crippen LogP contribution is -2.26. The smallest absolute Gasteiger partial charge is 0.238 e. The van der Waals surface area contributed by atoms with Crippen molar-refractivity contribution in [2.45, 2.75) is 50.7 Å². The van der Waals surface area contributed by atoms with E-state index in [-0.39, 0.29) is 23.8 Å². The zero-order valence-electron chi connectivity index (χ0n) is 17.6. The quantitative estimate of drug-likeness (QED) is 0.300. The lowest BCUT2D eigenvalue weighted by molar-refractivity contribution is -0.118. The molecule has 0 aromatic heterocycles. The molecule has 2 aromatic rings. The van der Waals surface area contributed by atoms with Crippen LogP contribution in [0.25, 0.3) is 0 Å². The molecule has 0 saturated carbocycles. The molecular weight excluding hydrogens is 432 g/mol. The van der Waals surface area contributed by atoms with Crippen molar-refractivity contribution < 1.29 is 27.2 Å². The molecule has 0 aliphatic rings. The summed E-state index contributed by atoms with van der Waals surface area (Å²) in [5.74, 6) is -7.51. The first-order chi connectivity index (χ1) is 14.4. The van der Waals surface area contributed by atoms with Crippen molar-refractivity contribution in [3.8, 4) is 0 Å². The Morgan fingerprint density at radius 1 is 1.00 bits per heavy atom. The molecule has 0 aliphatic heterocycles. The fraction of sp³-hybridized carbons (Fsp3) is 0.364. The molecule has 0 spiro atoms. The van der Waals surface area contributed by atoms with Crippen molar-refractivity contribution in [3.63, 3.8) is 0 Å². The van der Waals surface area contributed by atoms with E-state index in [0.717, 1.165) is 11.8 Å². The van der Waals surface area contributed by atoms with Gasteiger partial charge in [-0.1, -0.05) is 33.8 Å². The summed E-state index contributed by atoms with van der Waals surface area (Å²) >= 11 is 1.09. The number of benzene rings is 2. The van der Waals surface area contributed by atoms with Gasteiger partial charge < -0.3 is 10.6 Å². The minimum absolute atomic E-state index is 0.0752. The standard InChI is InChI=1S/C22H24F4N2O2S/c1-5-16(21(30)28-20-18(25)14(23)10-15(24)19(20)26)31-13-8-6-7-12(9-13)27-17(29)11-22(2,3)4/h6-10,16H,5,11H2,1-4H3,(H,27,29)(H,28,30). The molecule has 0 aliphatic carbocycles. The molecule has 9 heteroatoms. The van der Waals surface area contributed by atoms with Crippen molar-refractivity contribution in [2.75, 3.05) is 10.6 Å². The average Bonchev–Trinajstić information content (AvgIpc) is 2.66. The summed E-state index contributed by atoms with van der Waals surface area (Å²) in [5.41, 5.74) is -0.800. The maximum absolute atomic E-state index is 13.8. The van der Waals surface area contributed by atoms with Gasteiger partial charge in [0.25, 0.3) is 0 Å². The first-order valence-corrected chi connectivity index (χ1v) is 10.5. The van der Waals surface area contributed by atoms with Gasteiger partial charge in [-0.15, -0.1) is 11.8 Å². The number of halogens is 4. The molecule has 2 aromatic carbocycles. The van der Waals surface area contributed by atoms with Crippen LogP contribution in [0.1, 0.15) is 40.5 Å². The third kappa shape index (κ3) is 6.99. The summed E-state index contributed by atoms with van der Waals surface area (Å²) in [6.07, 6.45) is 0.601. The molecular formula is C22H24F4N2O2S. The normalized spacial score (nSPS) is 12.4. The van der Waals surface area contributed by atoms with Crippen molar-refractivity contribution >= 4 is 35.0 Å². The SMILES string of the molecule is CCC(Sc1cccc(NC(=O)CC(C)(C)C)c1)C(=O)Nc1c(F)c(F)cc(F)c1F. The second-order valence-corrected chi connectivity index (χ2v) is 9.44. The molecule has 1 unspecified atom stereocenters. The highest BCUT2D eigenvalue weighted by atomic mass is 32.2. The monoisotopic (exact) mass is 456 g/mol. The van der Waals surface area contributed by atoms with E-state index in [0.29, 0.717) is 17.0 Å². The zero-order valence-corrected chi connectivity index (χ0v) is 18.4. The first-order valence-electron chi connectivity index (χ1n) is 9.61. The van der Waals surface area contributed by atoms with Crippen molar-refractivity contribution in [1.82, 2.24) is 0 Å². The summed E-state index contributed by atoms with van der Waals surface area (Å²) in [7, 11) is 0. The Balaban J connectivity index is 2.13. The highest BCUT2D eigenvalue weighted by molar-refractivity contribution is 8.00. The van der Waals surface area contributed by atoms with Gasteiger partial charge in [-0.05, 0) is 30.0 Å². The molecule has 168 valence electrons. The maximum Gasteiger partial charge on any atom is 0.238 e. The fourth-order valence-electron chi connectivity index (χ4n) is 2.71. The van der Waals surface area contributed by atoms with Gasteiger partial charge in [0.15, 0.2) is 23.3 Å². The number of anilines is 2. The molecule has 4 nitrogen and oxygen atoms in total. The van der Waals surface area contributed by atoms with Crippen LogP contribution in [0.15, 0.2) is 35.2 Å². The van der Waals surface area contributed by atoms with E-state index in [1.54, 1.807) is 31.2 Å². The third-order valence-corrected chi connectivity index (χ3v) is 5.47. The topological polar surface area (TPSA) is 58.2 Å². The van der Waals surface area contributed by atoms with Crippen LogP contribution in [0.3, 0.4) is 0 Å². The second kappa shape index (κ2) is 10.2. The van der Waals surface area contributed by atoms with E-state index in [2.05, 4.69) is 5.32 Å². The van der Waals surface area contributed by atoms with E-state index >= 15 is 0 Å². The van der Waals surface area contributed by atoms with Gasteiger partial charge in [0.05, 0.1) is 5.25 Å². The average molecular weight is 457 g/mol. The number of hydrogen-bond acceptors (Lipinski definition) is 3. The summed E-state index contributed by atoms with van der Waals surface area (Å²) in [5, 5.41) is 3.94. The maximum atomic E-state index is 13.8. The van der Waals surface area contributed by atoms with E-state index in [1.165, 1.54) is 0 Å². The Kier molecular flexibility index (Phi) is 8.11. The zero-order chi connectivity index (χ0) is 23.3. The molecule has 0 heterocycles. The van der Waals surface area contributed by atoms with Gasteiger partial charge in [-0.25, -0.2) is 17.6 Å². The molecule has 2 rings (SSSR count). The Labute approximate surface area is 182 Å². The van der Waals surface area contributed by atoms with Crippen LogP contribution in [0.2, 0.25) is 0 Å². The molecule has 0 bridgehead atoms. The number of carbonyl (C=O) groups is 2. The van der Waals surface area contributed by atoms with Crippen molar-refractivity contribution in [3.05, 3.63) is 53.6 Å². The first kappa shape index (κ1) is 24.7. The van der Waals surface area contributed by atoms with Gasteiger partial charge >= 0.3 is 0 Å². The van der Waals surface area contributed by atoms with Gasteiger partial charge in [0.2, 0.25) is 11.8 Å². The highest BCUT2D eigenvalue weighted by Gasteiger charge is 2.25. The minimum atomic E-state index is -1.67. The van der Waals surface area contributed by atoms with E-state index in [4.69, 9.17) is 0 Å². The Hall–Kier alpha value is -2.55. The van der Waals surface area contributed by atoms with Crippen LogP contribution >= 0.6 is 11.8 Å². The predicted octanol–water partition coefficient (Wildman–Crippen LogP) is 6.13. The largest absolute Gasteiger partial charge is 0.326 e. The molecule has 0 radical (unpaired) electrons. The number of rotatable bonds is 7. The Morgan fingerprint density at radius 2 is 1.61 bits per heavy atom. The minimum Gasteiger partial charge on any atom is -0.326 e. The molecule has 0 fully saturated rings. The number of amides is 2. The number of carbonyl (C=O) groups excluding carboxylic acids is 2. The lowest BCUT2D eigenvalue weighted by atomic mass is 9.92. The Bertz CT molecular complexity index is 950. The summed E-state index contributed by atoms with van der Waals surface area (Å²) in [6, 6.07) is 6.85. The molecule has 1 atom stereocenters. The Morgan fingerprint density at radius 3 is 2.16 bits per heavy atom. The second-order valence-electron chi connectivity index (χ2n) is 8.16. The van der Waals surface area contributed by atoms with E-state index < -0.39 is 40.1 Å². The number of nitrogens with one attached hydrogen (secondary N) is 2. The van der Waals surface area contributed by atoms with Crippen LogP contribution in [-0.2, 0) is 9.59 Å². The van der Waals surface area contributed by atoms with Crippen LogP contribution in [-0.4, -0.2) is 17.1 Å². The van der Waals surface area contributed by atoms with E-state index in [9.17, 15) is 27.2 Å². The van der Waals surface area contributed by atoms with Crippen molar-refractivity contribution in [1.29, 1.82) is 0 Å². The van der Waals surface area contributed by atoms with Gasteiger partial charge in [-0.3, -0.25) is 9.59 Å². The summed E-state index contributed by atoms with van der Waals surface area (Å²) in [4.78, 5) is 25.3. The van der Waals surface area contributed by atoms with Crippen LogP contribution < -0.4 is 10.6 Å². The molecule has 2 amide bonds. The predicted molar refractivity (Wildman–Crippen MR) is 114 cm³/mol. The third-order valence-electron chi connectivity index (χ3n) is 4.11. The van der Waals surface area contributed by atoms with Crippen molar-refractivity contribution in [2.24, 2.45) is 5.41 Å². The fourth-order valence-corrected chi connectivity index (χ4v) is 3.72. The summed E-state index contributed by atoms with van der Waals surface area (Å²) in [6.45, 7) is 7.52. The number of thioether (sulfide) groups is 1.